The Morgan fingerprint density at radius 3 is 2.74 bits per heavy atom. The molecule has 0 amide bonds. The van der Waals surface area contributed by atoms with Gasteiger partial charge in [-0.15, -0.1) is 0 Å². The molecule has 19 heavy (non-hydrogen) atoms. The summed E-state index contributed by atoms with van der Waals surface area (Å²) < 4.78 is 27.6. The van der Waals surface area contributed by atoms with E-state index in [2.05, 4.69) is 15.9 Å². The predicted octanol–water partition coefficient (Wildman–Crippen LogP) is 4.06. The quantitative estimate of drug-likeness (QED) is 0.791. The first kappa shape index (κ1) is 15.3. The van der Waals surface area contributed by atoms with E-state index >= 15 is 0 Å². The van der Waals surface area contributed by atoms with E-state index in [9.17, 15) is 8.42 Å². The van der Waals surface area contributed by atoms with Crippen LogP contribution in [0.4, 0.5) is 0 Å². The monoisotopic (exact) mass is 365 g/mol. The fraction of sp³-hybridized carbons (Fsp3) is 0.538. The van der Waals surface area contributed by atoms with Gasteiger partial charge in [-0.25, -0.2) is 8.42 Å². The molecule has 1 unspecified atom stereocenters. The van der Waals surface area contributed by atoms with Crippen LogP contribution in [0, 0.1) is 0 Å². The van der Waals surface area contributed by atoms with Gasteiger partial charge in [0.15, 0.2) is 0 Å². The average Bonchev–Trinajstić information content (AvgIpc) is 2.57. The van der Waals surface area contributed by atoms with Crippen LogP contribution in [0.1, 0.15) is 32.6 Å². The first-order valence-electron chi connectivity index (χ1n) is 6.40. The minimum Gasteiger partial charge on any atom is -0.207 e. The van der Waals surface area contributed by atoms with Crippen LogP contribution in [-0.2, 0) is 10.0 Å². The zero-order chi connectivity index (χ0) is 14.0. The Labute approximate surface area is 128 Å². The fourth-order valence-corrected chi connectivity index (χ4v) is 4.75. The molecule has 0 N–H and O–H groups in total. The van der Waals surface area contributed by atoms with Crippen molar-refractivity contribution in [3.05, 3.63) is 27.7 Å². The van der Waals surface area contributed by atoms with Gasteiger partial charge in [0.1, 0.15) is 0 Å². The van der Waals surface area contributed by atoms with Gasteiger partial charge in [-0.05, 0) is 53.9 Å². The van der Waals surface area contributed by atoms with Crippen molar-refractivity contribution in [1.29, 1.82) is 0 Å². The van der Waals surface area contributed by atoms with Crippen LogP contribution in [-0.4, -0.2) is 25.3 Å². The maximum Gasteiger partial charge on any atom is 0.243 e. The third-order valence-corrected chi connectivity index (χ3v) is 6.71. The highest BCUT2D eigenvalue weighted by Crippen LogP contribution is 2.29. The van der Waals surface area contributed by atoms with Crippen LogP contribution in [0.25, 0.3) is 0 Å². The summed E-state index contributed by atoms with van der Waals surface area (Å²) in [6, 6.07) is 4.82. The van der Waals surface area contributed by atoms with Crippen LogP contribution < -0.4 is 0 Å². The topological polar surface area (TPSA) is 37.4 Å². The number of hydrogen-bond donors (Lipinski definition) is 0. The molecule has 1 aliphatic rings. The highest BCUT2D eigenvalue weighted by atomic mass is 79.9. The Bertz CT molecular complexity index is 562. The lowest BCUT2D eigenvalue weighted by molar-refractivity contribution is 0.342. The summed E-state index contributed by atoms with van der Waals surface area (Å²) in [5.74, 6) is 0. The molecule has 0 radical (unpaired) electrons. The van der Waals surface area contributed by atoms with Crippen LogP contribution in [0.3, 0.4) is 0 Å². The average molecular weight is 367 g/mol. The van der Waals surface area contributed by atoms with Crippen molar-refractivity contribution in [1.82, 2.24) is 4.31 Å². The van der Waals surface area contributed by atoms with E-state index in [0.717, 1.165) is 25.7 Å². The Balaban J connectivity index is 2.37. The molecule has 3 nitrogen and oxygen atoms in total. The summed E-state index contributed by atoms with van der Waals surface area (Å²) in [5.41, 5.74) is 0. The maximum absolute atomic E-state index is 12.7. The summed E-state index contributed by atoms with van der Waals surface area (Å²) in [6.07, 6.45) is 4.05. The van der Waals surface area contributed by atoms with Crippen LogP contribution in [0.5, 0.6) is 0 Å². The Morgan fingerprint density at radius 1 is 1.32 bits per heavy atom. The normalized spacial score (nSPS) is 22.2. The standard InChI is InChI=1S/C13H17BrClNO2S/c1-10-5-3-2-4-8-16(10)19(17,18)11-6-7-13(15)12(14)9-11/h6-7,9-10H,2-5,8H2,1H3. The molecule has 0 saturated carbocycles. The Kier molecular flexibility index (Phi) is 4.93. The molecule has 1 heterocycles. The van der Waals surface area contributed by atoms with Gasteiger partial charge in [0.25, 0.3) is 0 Å². The van der Waals surface area contributed by atoms with Crippen LogP contribution in [0.2, 0.25) is 5.02 Å². The second-order valence-corrected chi connectivity index (χ2v) is 8.04. The number of nitrogens with zero attached hydrogens (tertiary/aromatic N) is 1. The zero-order valence-corrected chi connectivity index (χ0v) is 13.9. The van der Waals surface area contributed by atoms with Crippen molar-refractivity contribution in [2.45, 2.75) is 43.5 Å². The van der Waals surface area contributed by atoms with E-state index in [1.807, 2.05) is 6.92 Å². The smallest absolute Gasteiger partial charge is 0.207 e. The second kappa shape index (κ2) is 6.12. The van der Waals surface area contributed by atoms with Gasteiger partial charge in [0.2, 0.25) is 10.0 Å². The lowest BCUT2D eigenvalue weighted by atomic mass is 10.1. The summed E-state index contributed by atoms with van der Waals surface area (Å²) in [6.45, 7) is 2.58. The maximum atomic E-state index is 12.7. The van der Waals surface area contributed by atoms with E-state index in [1.165, 1.54) is 0 Å². The van der Waals surface area contributed by atoms with E-state index in [1.54, 1.807) is 22.5 Å². The van der Waals surface area contributed by atoms with Crippen molar-refractivity contribution < 1.29 is 8.42 Å². The summed E-state index contributed by atoms with van der Waals surface area (Å²) in [4.78, 5) is 0.303. The van der Waals surface area contributed by atoms with Gasteiger partial charge in [-0.1, -0.05) is 24.4 Å². The van der Waals surface area contributed by atoms with E-state index in [-0.39, 0.29) is 6.04 Å². The Hall–Kier alpha value is -0.100. The lowest BCUT2D eigenvalue weighted by Crippen LogP contribution is -2.38. The largest absolute Gasteiger partial charge is 0.243 e. The third-order valence-electron chi connectivity index (χ3n) is 3.49. The fourth-order valence-electron chi connectivity index (χ4n) is 2.38. The van der Waals surface area contributed by atoms with Gasteiger partial charge >= 0.3 is 0 Å². The molecule has 6 heteroatoms. The summed E-state index contributed by atoms with van der Waals surface area (Å²) in [7, 11) is -3.43. The van der Waals surface area contributed by atoms with Crippen molar-refractivity contribution in [2.24, 2.45) is 0 Å². The van der Waals surface area contributed by atoms with Gasteiger partial charge < -0.3 is 0 Å². The number of halogens is 2. The molecular weight excluding hydrogens is 350 g/mol. The number of sulfonamides is 1. The third kappa shape index (κ3) is 3.32. The molecule has 0 aromatic heterocycles. The minimum atomic E-state index is -3.43. The SMILES string of the molecule is CC1CCCCCN1S(=O)(=O)c1ccc(Cl)c(Br)c1. The molecule has 1 aromatic carbocycles. The summed E-state index contributed by atoms with van der Waals surface area (Å²) in [5, 5.41) is 0.517. The number of benzene rings is 1. The van der Waals surface area contributed by atoms with Crippen LogP contribution in [0.15, 0.2) is 27.6 Å². The van der Waals surface area contributed by atoms with Gasteiger partial charge in [0.05, 0.1) is 9.92 Å². The highest BCUT2D eigenvalue weighted by Gasteiger charge is 2.30. The molecule has 1 atom stereocenters. The first-order valence-corrected chi connectivity index (χ1v) is 9.01. The molecule has 1 fully saturated rings. The molecule has 106 valence electrons. The molecule has 0 spiro atoms. The molecular formula is C13H17BrClNO2S. The van der Waals surface area contributed by atoms with Crippen molar-refractivity contribution in [3.8, 4) is 0 Å². The van der Waals surface area contributed by atoms with Crippen LogP contribution >= 0.6 is 27.5 Å². The summed E-state index contributed by atoms with van der Waals surface area (Å²) >= 11 is 9.19. The lowest BCUT2D eigenvalue weighted by Gasteiger charge is -2.26. The van der Waals surface area contributed by atoms with Gasteiger partial charge in [-0.3, -0.25) is 0 Å². The van der Waals surface area contributed by atoms with E-state index in [0.29, 0.717) is 20.9 Å². The molecule has 1 aliphatic heterocycles. The van der Waals surface area contributed by atoms with Crippen molar-refractivity contribution in [2.75, 3.05) is 6.54 Å². The first-order chi connectivity index (χ1) is 8.93. The van der Waals surface area contributed by atoms with Crippen molar-refractivity contribution >= 4 is 37.6 Å². The van der Waals surface area contributed by atoms with Gasteiger partial charge in [-0.2, -0.15) is 4.31 Å². The van der Waals surface area contributed by atoms with Gasteiger partial charge in [0, 0.05) is 17.1 Å². The highest BCUT2D eigenvalue weighted by molar-refractivity contribution is 9.10. The molecule has 1 aromatic rings. The molecule has 0 aliphatic carbocycles. The minimum absolute atomic E-state index is 0.0574. The zero-order valence-electron chi connectivity index (χ0n) is 10.8. The number of rotatable bonds is 2. The Morgan fingerprint density at radius 2 is 2.05 bits per heavy atom. The van der Waals surface area contributed by atoms with E-state index < -0.39 is 10.0 Å². The van der Waals surface area contributed by atoms with E-state index in [4.69, 9.17) is 11.6 Å². The second-order valence-electron chi connectivity index (χ2n) is 4.89. The molecule has 2 rings (SSSR count). The predicted molar refractivity (Wildman–Crippen MR) is 81.0 cm³/mol. The van der Waals surface area contributed by atoms with Crippen molar-refractivity contribution in [3.63, 3.8) is 0 Å². The molecule has 0 bridgehead atoms. The number of hydrogen-bond acceptors (Lipinski definition) is 2. The molecule has 1 saturated heterocycles.